The van der Waals surface area contributed by atoms with Crippen LogP contribution in [0.5, 0.6) is 0 Å². The molecular formula is C12H16N6O. The number of nitrogens with zero attached hydrogens (tertiary/aromatic N) is 4. The van der Waals surface area contributed by atoms with Gasteiger partial charge in [0.25, 0.3) is 0 Å². The van der Waals surface area contributed by atoms with Crippen LogP contribution in [0.4, 0.5) is 11.8 Å². The molecule has 1 amide bonds. The molecule has 0 bridgehead atoms. The number of carbonyl (C=O) groups is 1. The molecule has 0 unspecified atom stereocenters. The Hall–Kier alpha value is -2.36. The number of amides is 1. The van der Waals surface area contributed by atoms with Crippen molar-refractivity contribution in [1.82, 2.24) is 14.9 Å². The molecule has 0 atom stereocenters. The minimum atomic E-state index is 0.161. The standard InChI is InChI=1S/C12H16N6O/c13-7-9-8-16-12(17-11(9)14)15-4-6-18-5-2-1-3-10(18)19/h8H,1-6H2,(H3,14,15,16,17). The van der Waals surface area contributed by atoms with Crippen LogP contribution in [0.25, 0.3) is 0 Å². The number of rotatable bonds is 4. The number of carbonyl (C=O) groups excluding carboxylic acids is 1. The lowest BCUT2D eigenvalue weighted by molar-refractivity contribution is -0.133. The van der Waals surface area contributed by atoms with Crippen molar-refractivity contribution in [2.45, 2.75) is 19.3 Å². The molecular weight excluding hydrogens is 244 g/mol. The summed E-state index contributed by atoms with van der Waals surface area (Å²) in [6.07, 6.45) is 4.07. The van der Waals surface area contributed by atoms with E-state index >= 15 is 0 Å². The summed E-state index contributed by atoms with van der Waals surface area (Å²) in [5.41, 5.74) is 5.85. The molecule has 0 saturated carbocycles. The van der Waals surface area contributed by atoms with E-state index in [1.165, 1.54) is 6.20 Å². The third kappa shape index (κ3) is 3.31. The normalized spacial score (nSPS) is 15.1. The maximum absolute atomic E-state index is 11.6. The molecule has 7 nitrogen and oxygen atoms in total. The van der Waals surface area contributed by atoms with Crippen LogP contribution in [-0.4, -0.2) is 40.4 Å². The van der Waals surface area contributed by atoms with E-state index in [0.717, 1.165) is 19.4 Å². The maximum atomic E-state index is 11.6. The number of piperidine rings is 1. The minimum Gasteiger partial charge on any atom is -0.382 e. The Morgan fingerprint density at radius 3 is 3.05 bits per heavy atom. The largest absolute Gasteiger partial charge is 0.382 e. The van der Waals surface area contributed by atoms with E-state index in [0.29, 0.717) is 25.5 Å². The van der Waals surface area contributed by atoms with Gasteiger partial charge in [0.05, 0.1) is 6.20 Å². The van der Waals surface area contributed by atoms with Gasteiger partial charge in [-0.2, -0.15) is 10.2 Å². The summed E-state index contributed by atoms with van der Waals surface area (Å²) < 4.78 is 0. The zero-order valence-electron chi connectivity index (χ0n) is 10.6. The van der Waals surface area contributed by atoms with E-state index in [1.807, 2.05) is 11.0 Å². The fraction of sp³-hybridized carbons (Fsp3) is 0.500. The molecule has 100 valence electrons. The molecule has 2 heterocycles. The first kappa shape index (κ1) is 13.1. The highest BCUT2D eigenvalue weighted by atomic mass is 16.2. The van der Waals surface area contributed by atoms with E-state index in [2.05, 4.69) is 15.3 Å². The Morgan fingerprint density at radius 1 is 1.53 bits per heavy atom. The summed E-state index contributed by atoms with van der Waals surface area (Å²) in [6, 6.07) is 1.91. The predicted molar refractivity (Wildman–Crippen MR) is 70.1 cm³/mol. The highest BCUT2D eigenvalue weighted by molar-refractivity contribution is 5.76. The molecule has 19 heavy (non-hydrogen) atoms. The van der Waals surface area contributed by atoms with Crippen LogP contribution in [0, 0.1) is 11.3 Å². The number of nitrogens with two attached hydrogens (primary N) is 1. The molecule has 3 N–H and O–H groups in total. The van der Waals surface area contributed by atoms with Gasteiger partial charge in [-0.1, -0.05) is 0 Å². The third-order valence-electron chi connectivity index (χ3n) is 3.02. The highest BCUT2D eigenvalue weighted by Crippen LogP contribution is 2.11. The quantitative estimate of drug-likeness (QED) is 0.809. The Kier molecular flexibility index (Phi) is 4.13. The van der Waals surface area contributed by atoms with Gasteiger partial charge < -0.3 is 16.0 Å². The van der Waals surface area contributed by atoms with Gasteiger partial charge >= 0.3 is 0 Å². The molecule has 1 aliphatic heterocycles. The van der Waals surface area contributed by atoms with Crippen LogP contribution >= 0.6 is 0 Å². The second kappa shape index (κ2) is 6.00. The van der Waals surface area contributed by atoms with Gasteiger partial charge in [0, 0.05) is 26.1 Å². The van der Waals surface area contributed by atoms with Gasteiger partial charge in [0.1, 0.15) is 17.5 Å². The number of hydrogen-bond donors (Lipinski definition) is 2. The van der Waals surface area contributed by atoms with Crippen LogP contribution in [0.15, 0.2) is 6.20 Å². The average Bonchev–Trinajstić information content (AvgIpc) is 2.41. The van der Waals surface area contributed by atoms with Crippen LogP contribution in [0.1, 0.15) is 24.8 Å². The molecule has 2 rings (SSSR count). The lowest BCUT2D eigenvalue weighted by Crippen LogP contribution is -2.38. The number of nitriles is 1. The topological polar surface area (TPSA) is 108 Å². The molecule has 0 aromatic carbocycles. The highest BCUT2D eigenvalue weighted by Gasteiger charge is 2.17. The van der Waals surface area contributed by atoms with Gasteiger partial charge in [-0.3, -0.25) is 4.79 Å². The first-order valence-corrected chi connectivity index (χ1v) is 6.25. The van der Waals surface area contributed by atoms with Crippen LogP contribution in [0.3, 0.4) is 0 Å². The van der Waals surface area contributed by atoms with E-state index in [4.69, 9.17) is 11.0 Å². The number of nitrogens with one attached hydrogen (secondary N) is 1. The van der Waals surface area contributed by atoms with E-state index < -0.39 is 0 Å². The van der Waals surface area contributed by atoms with Crippen LogP contribution < -0.4 is 11.1 Å². The molecule has 1 saturated heterocycles. The Morgan fingerprint density at radius 2 is 2.37 bits per heavy atom. The Balaban J connectivity index is 1.84. The molecule has 1 aromatic heterocycles. The van der Waals surface area contributed by atoms with Crippen molar-refractivity contribution in [3.8, 4) is 6.07 Å². The molecule has 7 heteroatoms. The van der Waals surface area contributed by atoms with Crippen molar-refractivity contribution in [3.63, 3.8) is 0 Å². The number of hydrogen-bond acceptors (Lipinski definition) is 6. The SMILES string of the molecule is N#Cc1cnc(NCCN2CCCCC2=O)nc1N. The monoisotopic (exact) mass is 260 g/mol. The average molecular weight is 260 g/mol. The van der Waals surface area contributed by atoms with E-state index in [9.17, 15) is 4.79 Å². The first-order valence-electron chi connectivity index (χ1n) is 6.25. The zero-order chi connectivity index (χ0) is 13.7. The fourth-order valence-corrected chi connectivity index (χ4v) is 1.97. The molecule has 1 fully saturated rings. The zero-order valence-corrected chi connectivity index (χ0v) is 10.6. The van der Waals surface area contributed by atoms with Crippen molar-refractivity contribution in [2.75, 3.05) is 30.7 Å². The fourth-order valence-electron chi connectivity index (χ4n) is 1.97. The number of nitrogen functional groups attached to an aromatic ring is 1. The summed E-state index contributed by atoms with van der Waals surface area (Å²) in [5.74, 6) is 0.739. The lowest BCUT2D eigenvalue weighted by atomic mass is 10.1. The maximum Gasteiger partial charge on any atom is 0.224 e. The van der Waals surface area contributed by atoms with Gasteiger partial charge in [0.2, 0.25) is 11.9 Å². The molecule has 1 aromatic rings. The summed E-state index contributed by atoms with van der Waals surface area (Å²) in [5, 5.41) is 11.7. The lowest BCUT2D eigenvalue weighted by Gasteiger charge is -2.26. The van der Waals surface area contributed by atoms with Gasteiger partial charge in [0.15, 0.2) is 0 Å². The summed E-state index contributed by atoms with van der Waals surface area (Å²) in [4.78, 5) is 21.4. The number of aromatic nitrogens is 2. The molecule has 0 radical (unpaired) electrons. The van der Waals surface area contributed by atoms with Crippen molar-refractivity contribution >= 4 is 17.7 Å². The summed E-state index contributed by atoms with van der Waals surface area (Å²) in [6.45, 7) is 2.01. The van der Waals surface area contributed by atoms with Crippen LogP contribution in [-0.2, 0) is 4.79 Å². The molecule has 0 aliphatic carbocycles. The van der Waals surface area contributed by atoms with Crippen molar-refractivity contribution < 1.29 is 4.79 Å². The van der Waals surface area contributed by atoms with Gasteiger partial charge in [-0.25, -0.2) is 4.98 Å². The molecule has 1 aliphatic rings. The Bertz CT molecular complexity index is 509. The smallest absolute Gasteiger partial charge is 0.224 e. The third-order valence-corrected chi connectivity index (χ3v) is 3.02. The van der Waals surface area contributed by atoms with Crippen molar-refractivity contribution in [3.05, 3.63) is 11.8 Å². The van der Waals surface area contributed by atoms with Crippen molar-refractivity contribution in [2.24, 2.45) is 0 Å². The van der Waals surface area contributed by atoms with Crippen LogP contribution in [0.2, 0.25) is 0 Å². The first-order chi connectivity index (χ1) is 9.20. The second-order valence-corrected chi connectivity index (χ2v) is 4.37. The summed E-state index contributed by atoms with van der Waals surface area (Å²) in [7, 11) is 0. The van der Waals surface area contributed by atoms with E-state index in [1.54, 1.807) is 0 Å². The van der Waals surface area contributed by atoms with E-state index in [-0.39, 0.29) is 17.3 Å². The summed E-state index contributed by atoms with van der Waals surface area (Å²) >= 11 is 0. The van der Waals surface area contributed by atoms with Crippen molar-refractivity contribution in [1.29, 1.82) is 5.26 Å². The second-order valence-electron chi connectivity index (χ2n) is 4.37. The Labute approximate surface area is 111 Å². The number of likely N-dealkylation sites (tertiary alicyclic amines) is 1. The van der Waals surface area contributed by atoms with Gasteiger partial charge in [-0.05, 0) is 12.8 Å². The number of anilines is 2. The predicted octanol–water partition coefficient (Wildman–Crippen LogP) is 0.355. The van der Waals surface area contributed by atoms with Gasteiger partial charge in [-0.15, -0.1) is 0 Å². The minimum absolute atomic E-state index is 0.161. The molecule has 0 spiro atoms.